The number of hydrogen-bond acceptors (Lipinski definition) is 3. The first-order valence-corrected chi connectivity index (χ1v) is 6.69. The fraction of sp³-hybridized carbons (Fsp3) is 1.00. The second kappa shape index (κ2) is 5.75. The van der Waals surface area contributed by atoms with E-state index in [4.69, 9.17) is 0 Å². The lowest BCUT2D eigenvalue weighted by Gasteiger charge is -2.36. The van der Waals surface area contributed by atoms with Gasteiger partial charge in [-0.25, -0.2) is 0 Å². The Bertz CT molecular complexity index is 262. The van der Waals surface area contributed by atoms with Crippen LogP contribution in [0.15, 0.2) is 0 Å². The number of piperazine rings is 1. The van der Waals surface area contributed by atoms with Crippen molar-refractivity contribution in [3.05, 3.63) is 0 Å². The van der Waals surface area contributed by atoms with E-state index in [1.165, 1.54) is 11.3 Å². The van der Waals surface area contributed by atoms with Crippen LogP contribution in [0, 0.1) is 5.92 Å². The van der Waals surface area contributed by atoms with Crippen LogP contribution in [0.5, 0.6) is 0 Å². The second-order valence-corrected chi connectivity index (χ2v) is 5.48. The standard InChI is InChI=1S/C12H22F3N3/c1-10-11(2-3-16-10)8-17-4-6-18(7-5-17)9-12(13,14)15/h10-11,16H,2-9H2,1H3. The van der Waals surface area contributed by atoms with E-state index in [9.17, 15) is 13.2 Å². The molecule has 0 aromatic heterocycles. The molecule has 0 spiro atoms. The Morgan fingerprint density at radius 1 is 1.11 bits per heavy atom. The molecule has 2 saturated heterocycles. The Morgan fingerprint density at radius 3 is 2.22 bits per heavy atom. The summed E-state index contributed by atoms with van der Waals surface area (Å²) < 4.78 is 36.8. The Kier molecular flexibility index (Phi) is 4.50. The summed E-state index contributed by atoms with van der Waals surface area (Å²) in [6, 6.07) is 0.540. The molecule has 1 N–H and O–H groups in total. The summed E-state index contributed by atoms with van der Waals surface area (Å²) in [6.07, 6.45) is -2.88. The molecule has 2 atom stereocenters. The maximum absolute atomic E-state index is 12.3. The van der Waals surface area contributed by atoms with Gasteiger partial charge in [0.2, 0.25) is 0 Å². The van der Waals surface area contributed by atoms with Gasteiger partial charge >= 0.3 is 6.18 Å². The minimum absolute atomic E-state index is 0.536. The summed E-state index contributed by atoms with van der Waals surface area (Å²) in [7, 11) is 0. The molecule has 2 rings (SSSR count). The highest BCUT2D eigenvalue weighted by molar-refractivity contribution is 4.84. The van der Waals surface area contributed by atoms with Gasteiger partial charge < -0.3 is 10.2 Å². The third kappa shape index (κ3) is 4.10. The van der Waals surface area contributed by atoms with E-state index >= 15 is 0 Å². The smallest absolute Gasteiger partial charge is 0.314 e. The summed E-state index contributed by atoms with van der Waals surface area (Å²) in [4.78, 5) is 3.81. The molecule has 2 heterocycles. The fourth-order valence-corrected chi connectivity index (χ4v) is 2.88. The van der Waals surface area contributed by atoms with Crippen LogP contribution in [-0.4, -0.2) is 67.8 Å². The van der Waals surface area contributed by atoms with Crippen molar-refractivity contribution >= 4 is 0 Å². The third-order valence-electron chi connectivity index (χ3n) is 4.05. The van der Waals surface area contributed by atoms with Crippen molar-refractivity contribution in [3.63, 3.8) is 0 Å². The normalized spacial score (nSPS) is 32.0. The van der Waals surface area contributed by atoms with Crippen molar-refractivity contribution < 1.29 is 13.2 Å². The molecule has 18 heavy (non-hydrogen) atoms. The lowest BCUT2D eigenvalue weighted by molar-refractivity contribution is -0.149. The molecular weight excluding hydrogens is 243 g/mol. The van der Waals surface area contributed by atoms with Crippen LogP contribution in [0.25, 0.3) is 0 Å². The number of nitrogens with one attached hydrogen (secondary N) is 1. The number of halogens is 3. The predicted molar refractivity (Wildman–Crippen MR) is 64.5 cm³/mol. The van der Waals surface area contributed by atoms with Crippen molar-refractivity contribution in [1.29, 1.82) is 0 Å². The van der Waals surface area contributed by atoms with Gasteiger partial charge in [0.1, 0.15) is 0 Å². The molecule has 0 aromatic carbocycles. The lowest BCUT2D eigenvalue weighted by Crippen LogP contribution is -2.50. The molecular formula is C12H22F3N3. The van der Waals surface area contributed by atoms with Crippen LogP contribution < -0.4 is 5.32 Å². The first-order valence-electron chi connectivity index (χ1n) is 6.69. The quantitative estimate of drug-likeness (QED) is 0.826. The molecule has 0 amide bonds. The third-order valence-corrected chi connectivity index (χ3v) is 4.05. The zero-order valence-electron chi connectivity index (χ0n) is 10.8. The predicted octanol–water partition coefficient (Wildman–Crippen LogP) is 1.16. The zero-order valence-corrected chi connectivity index (χ0v) is 10.8. The summed E-state index contributed by atoms with van der Waals surface area (Å²) in [5, 5.41) is 3.41. The summed E-state index contributed by atoms with van der Waals surface area (Å²) >= 11 is 0. The maximum atomic E-state index is 12.3. The van der Waals surface area contributed by atoms with Crippen LogP contribution in [0.4, 0.5) is 13.2 Å². The van der Waals surface area contributed by atoms with Gasteiger partial charge in [0.05, 0.1) is 6.54 Å². The summed E-state index contributed by atoms with van der Waals surface area (Å²) in [6.45, 7) is 6.12. The second-order valence-electron chi connectivity index (χ2n) is 5.48. The van der Waals surface area contributed by atoms with Gasteiger partial charge in [0, 0.05) is 38.8 Å². The fourth-order valence-electron chi connectivity index (χ4n) is 2.88. The first kappa shape index (κ1) is 14.1. The molecule has 0 saturated carbocycles. The van der Waals surface area contributed by atoms with Gasteiger partial charge in [-0.3, -0.25) is 4.90 Å². The molecule has 106 valence electrons. The molecule has 0 radical (unpaired) electrons. The monoisotopic (exact) mass is 265 g/mol. The molecule has 0 bridgehead atoms. The van der Waals surface area contributed by atoms with Crippen LogP contribution >= 0.6 is 0 Å². The molecule has 2 aliphatic heterocycles. The molecule has 0 aromatic rings. The van der Waals surface area contributed by atoms with Gasteiger partial charge in [-0.05, 0) is 25.8 Å². The Balaban J connectivity index is 1.70. The van der Waals surface area contributed by atoms with E-state index in [1.807, 2.05) is 0 Å². The number of alkyl halides is 3. The van der Waals surface area contributed by atoms with Crippen molar-refractivity contribution in [2.45, 2.75) is 25.6 Å². The average molecular weight is 265 g/mol. The number of hydrogen-bond donors (Lipinski definition) is 1. The highest BCUT2D eigenvalue weighted by atomic mass is 19.4. The van der Waals surface area contributed by atoms with E-state index in [2.05, 4.69) is 17.1 Å². The summed E-state index contributed by atoms with van der Waals surface area (Å²) in [5.74, 6) is 0.652. The van der Waals surface area contributed by atoms with Crippen molar-refractivity contribution in [1.82, 2.24) is 15.1 Å². The average Bonchev–Trinajstić information content (AvgIpc) is 2.65. The number of nitrogens with zero attached hydrogens (tertiary/aromatic N) is 2. The van der Waals surface area contributed by atoms with Gasteiger partial charge in [-0.15, -0.1) is 0 Å². The van der Waals surface area contributed by atoms with E-state index in [-0.39, 0.29) is 0 Å². The first-order chi connectivity index (χ1) is 8.44. The van der Waals surface area contributed by atoms with Crippen LogP contribution in [0.1, 0.15) is 13.3 Å². The SMILES string of the molecule is CC1NCCC1CN1CCN(CC(F)(F)F)CC1. The van der Waals surface area contributed by atoms with E-state index < -0.39 is 12.7 Å². The molecule has 6 heteroatoms. The molecule has 0 aliphatic carbocycles. The largest absolute Gasteiger partial charge is 0.401 e. The molecule has 2 unspecified atom stereocenters. The van der Waals surface area contributed by atoms with Gasteiger partial charge in [-0.1, -0.05) is 0 Å². The lowest BCUT2D eigenvalue weighted by atomic mass is 10.0. The van der Waals surface area contributed by atoms with E-state index in [0.717, 1.165) is 26.2 Å². The van der Waals surface area contributed by atoms with Gasteiger partial charge in [0.25, 0.3) is 0 Å². The van der Waals surface area contributed by atoms with Crippen molar-refractivity contribution in [2.24, 2.45) is 5.92 Å². The summed E-state index contributed by atoms with van der Waals surface area (Å²) in [5.41, 5.74) is 0. The van der Waals surface area contributed by atoms with Crippen molar-refractivity contribution in [2.75, 3.05) is 45.8 Å². The highest BCUT2D eigenvalue weighted by Gasteiger charge is 2.33. The van der Waals surface area contributed by atoms with Gasteiger partial charge in [-0.2, -0.15) is 13.2 Å². The van der Waals surface area contributed by atoms with Crippen LogP contribution in [-0.2, 0) is 0 Å². The van der Waals surface area contributed by atoms with Crippen molar-refractivity contribution in [3.8, 4) is 0 Å². The zero-order chi connectivity index (χ0) is 13.2. The maximum Gasteiger partial charge on any atom is 0.401 e. The minimum atomic E-state index is -4.06. The van der Waals surface area contributed by atoms with Gasteiger partial charge in [0.15, 0.2) is 0 Å². The topological polar surface area (TPSA) is 18.5 Å². The van der Waals surface area contributed by atoms with E-state index in [1.54, 1.807) is 0 Å². The molecule has 3 nitrogen and oxygen atoms in total. The Morgan fingerprint density at radius 2 is 1.72 bits per heavy atom. The molecule has 2 aliphatic rings. The number of rotatable bonds is 3. The highest BCUT2D eigenvalue weighted by Crippen LogP contribution is 2.20. The molecule has 2 fully saturated rings. The van der Waals surface area contributed by atoms with Crippen LogP contribution in [0.2, 0.25) is 0 Å². The minimum Gasteiger partial charge on any atom is -0.314 e. The van der Waals surface area contributed by atoms with Crippen LogP contribution in [0.3, 0.4) is 0 Å². The van der Waals surface area contributed by atoms with E-state index in [0.29, 0.717) is 25.0 Å². The Hall–Kier alpha value is -0.330. The Labute approximate surface area is 106 Å².